The number of anilines is 1. The van der Waals surface area contributed by atoms with Gasteiger partial charge in [0.05, 0.1) is 36.3 Å². The van der Waals surface area contributed by atoms with Crippen molar-refractivity contribution in [1.82, 2.24) is 14.6 Å². The van der Waals surface area contributed by atoms with E-state index in [9.17, 15) is 4.79 Å². The maximum absolute atomic E-state index is 12.3. The van der Waals surface area contributed by atoms with Crippen LogP contribution in [0.3, 0.4) is 0 Å². The summed E-state index contributed by atoms with van der Waals surface area (Å²) in [6.45, 7) is 0. The van der Waals surface area contributed by atoms with Crippen molar-refractivity contribution in [3.63, 3.8) is 0 Å². The first kappa shape index (κ1) is 12.2. The molecule has 100 valence electrons. The second-order valence-corrected chi connectivity index (χ2v) is 4.15. The zero-order valence-corrected chi connectivity index (χ0v) is 10.8. The van der Waals surface area contributed by atoms with Crippen molar-refractivity contribution in [2.45, 2.75) is 0 Å². The molecule has 0 atom stereocenters. The molecule has 20 heavy (non-hydrogen) atoms. The van der Waals surface area contributed by atoms with Crippen LogP contribution >= 0.6 is 0 Å². The number of methoxy groups -OCH3 is 1. The van der Waals surface area contributed by atoms with Gasteiger partial charge in [-0.05, 0) is 18.2 Å². The van der Waals surface area contributed by atoms with Crippen molar-refractivity contribution in [2.75, 3.05) is 12.4 Å². The second kappa shape index (κ2) is 5.00. The Bertz CT molecular complexity index is 752. The van der Waals surface area contributed by atoms with E-state index in [1.165, 1.54) is 6.20 Å². The number of ether oxygens (including phenoxy) is 1. The minimum atomic E-state index is -0.235. The zero-order chi connectivity index (χ0) is 13.9. The Balaban J connectivity index is 1.95. The number of hydrogen-bond donors (Lipinski definition) is 1. The number of fused-ring (bicyclic) bond motifs is 1. The quantitative estimate of drug-likeness (QED) is 0.788. The van der Waals surface area contributed by atoms with Gasteiger partial charge in [-0.1, -0.05) is 0 Å². The van der Waals surface area contributed by atoms with Crippen LogP contribution in [0.5, 0.6) is 5.75 Å². The second-order valence-electron chi connectivity index (χ2n) is 4.15. The number of carbonyl (C=O) groups is 1. The molecule has 0 spiro atoms. The van der Waals surface area contributed by atoms with Gasteiger partial charge < -0.3 is 10.1 Å². The Morgan fingerprint density at radius 2 is 2.25 bits per heavy atom. The smallest absolute Gasteiger partial charge is 0.259 e. The van der Waals surface area contributed by atoms with Gasteiger partial charge >= 0.3 is 0 Å². The SMILES string of the molecule is COc1ccn2ncc(C(=O)Nc3cccnc3)c2c1. The molecule has 0 aromatic carbocycles. The molecule has 0 bridgehead atoms. The van der Waals surface area contributed by atoms with Crippen LogP contribution in [0.15, 0.2) is 49.1 Å². The van der Waals surface area contributed by atoms with Crippen LogP contribution in [0.4, 0.5) is 5.69 Å². The maximum atomic E-state index is 12.3. The summed E-state index contributed by atoms with van der Waals surface area (Å²) in [5.74, 6) is 0.440. The topological polar surface area (TPSA) is 68.5 Å². The van der Waals surface area contributed by atoms with E-state index < -0.39 is 0 Å². The molecule has 0 aliphatic rings. The van der Waals surface area contributed by atoms with E-state index >= 15 is 0 Å². The van der Waals surface area contributed by atoms with Crippen LogP contribution in [-0.2, 0) is 0 Å². The molecule has 0 radical (unpaired) electrons. The van der Waals surface area contributed by atoms with E-state index in [-0.39, 0.29) is 5.91 Å². The fraction of sp³-hybridized carbons (Fsp3) is 0.0714. The van der Waals surface area contributed by atoms with Gasteiger partial charge in [-0.15, -0.1) is 0 Å². The summed E-state index contributed by atoms with van der Waals surface area (Å²) >= 11 is 0. The van der Waals surface area contributed by atoms with Crippen LogP contribution < -0.4 is 10.1 Å². The van der Waals surface area contributed by atoms with E-state index in [4.69, 9.17) is 4.74 Å². The lowest BCUT2D eigenvalue weighted by Gasteiger charge is -2.04. The summed E-state index contributed by atoms with van der Waals surface area (Å²) in [7, 11) is 1.58. The average Bonchev–Trinajstić information content (AvgIpc) is 2.91. The fourth-order valence-corrected chi connectivity index (χ4v) is 1.90. The normalized spacial score (nSPS) is 10.4. The summed E-state index contributed by atoms with van der Waals surface area (Å²) in [5, 5.41) is 6.92. The van der Waals surface area contributed by atoms with Crippen molar-refractivity contribution in [2.24, 2.45) is 0 Å². The molecule has 0 aliphatic carbocycles. The van der Waals surface area contributed by atoms with Crippen LogP contribution in [-0.4, -0.2) is 27.6 Å². The summed E-state index contributed by atoms with van der Waals surface area (Å²) in [6.07, 6.45) is 6.51. The van der Waals surface area contributed by atoms with E-state index in [2.05, 4.69) is 15.4 Å². The number of amides is 1. The highest BCUT2D eigenvalue weighted by Crippen LogP contribution is 2.18. The van der Waals surface area contributed by atoms with Crippen LogP contribution in [0.25, 0.3) is 5.52 Å². The molecule has 0 saturated carbocycles. The molecule has 3 aromatic rings. The van der Waals surface area contributed by atoms with Crippen LogP contribution in [0.2, 0.25) is 0 Å². The maximum Gasteiger partial charge on any atom is 0.259 e. The molecular weight excluding hydrogens is 256 g/mol. The predicted octanol–water partition coefficient (Wildman–Crippen LogP) is 1.99. The zero-order valence-electron chi connectivity index (χ0n) is 10.8. The molecule has 3 rings (SSSR count). The number of rotatable bonds is 3. The fourth-order valence-electron chi connectivity index (χ4n) is 1.90. The van der Waals surface area contributed by atoms with Crippen molar-refractivity contribution in [3.05, 3.63) is 54.6 Å². The minimum absolute atomic E-state index is 0.235. The molecule has 0 saturated heterocycles. The predicted molar refractivity (Wildman–Crippen MR) is 73.9 cm³/mol. The van der Waals surface area contributed by atoms with Crippen molar-refractivity contribution >= 4 is 17.1 Å². The summed E-state index contributed by atoms with van der Waals surface area (Å²) in [4.78, 5) is 16.2. The third kappa shape index (κ3) is 2.18. The molecule has 0 fully saturated rings. The summed E-state index contributed by atoms with van der Waals surface area (Å²) in [5.41, 5.74) is 1.80. The molecule has 0 aliphatic heterocycles. The standard InChI is InChI=1S/C14H12N4O2/c1-20-11-4-6-18-13(7-11)12(9-16-18)14(19)17-10-3-2-5-15-8-10/h2-9H,1H3,(H,17,19). The highest BCUT2D eigenvalue weighted by Gasteiger charge is 2.13. The van der Waals surface area contributed by atoms with E-state index in [1.54, 1.807) is 54.5 Å². The van der Waals surface area contributed by atoms with Crippen LogP contribution in [0, 0.1) is 0 Å². The monoisotopic (exact) mass is 268 g/mol. The molecule has 6 heteroatoms. The Labute approximate surface area is 115 Å². The van der Waals surface area contributed by atoms with Gasteiger partial charge in [-0.3, -0.25) is 9.78 Å². The lowest BCUT2D eigenvalue weighted by atomic mass is 10.2. The van der Waals surface area contributed by atoms with Crippen LogP contribution in [0.1, 0.15) is 10.4 Å². The minimum Gasteiger partial charge on any atom is -0.497 e. The first-order valence-corrected chi connectivity index (χ1v) is 6.00. The third-order valence-corrected chi connectivity index (χ3v) is 2.89. The first-order chi connectivity index (χ1) is 9.78. The van der Waals surface area contributed by atoms with Crippen molar-refractivity contribution in [1.29, 1.82) is 0 Å². The molecule has 0 unspecified atom stereocenters. The first-order valence-electron chi connectivity index (χ1n) is 6.00. The largest absolute Gasteiger partial charge is 0.497 e. The number of hydrogen-bond acceptors (Lipinski definition) is 4. The molecule has 1 N–H and O–H groups in total. The Morgan fingerprint density at radius 1 is 1.35 bits per heavy atom. The van der Waals surface area contributed by atoms with Gasteiger partial charge in [0, 0.05) is 18.5 Å². The van der Waals surface area contributed by atoms with Crippen molar-refractivity contribution in [3.8, 4) is 5.75 Å². The van der Waals surface area contributed by atoms with E-state index in [0.717, 1.165) is 0 Å². The Morgan fingerprint density at radius 3 is 3.00 bits per heavy atom. The summed E-state index contributed by atoms with van der Waals surface area (Å²) in [6, 6.07) is 7.08. The number of pyridine rings is 2. The third-order valence-electron chi connectivity index (χ3n) is 2.89. The number of aromatic nitrogens is 3. The highest BCUT2D eigenvalue weighted by atomic mass is 16.5. The summed E-state index contributed by atoms with van der Waals surface area (Å²) < 4.78 is 6.79. The van der Waals surface area contributed by atoms with Gasteiger partial charge in [0.1, 0.15) is 5.75 Å². The Kier molecular flexibility index (Phi) is 3.04. The van der Waals surface area contributed by atoms with Gasteiger partial charge in [0.2, 0.25) is 0 Å². The van der Waals surface area contributed by atoms with Gasteiger partial charge in [0.15, 0.2) is 0 Å². The van der Waals surface area contributed by atoms with E-state index in [1.807, 2.05) is 0 Å². The molecule has 1 amide bonds. The van der Waals surface area contributed by atoms with Gasteiger partial charge in [-0.2, -0.15) is 5.10 Å². The number of nitrogens with one attached hydrogen (secondary N) is 1. The number of nitrogens with zero attached hydrogens (tertiary/aromatic N) is 3. The molecular formula is C14H12N4O2. The molecule has 3 aromatic heterocycles. The Hall–Kier alpha value is -2.89. The van der Waals surface area contributed by atoms with E-state index in [0.29, 0.717) is 22.5 Å². The highest BCUT2D eigenvalue weighted by molar-refractivity contribution is 6.08. The molecule has 6 nitrogen and oxygen atoms in total. The van der Waals surface area contributed by atoms with Gasteiger partial charge in [0.25, 0.3) is 5.91 Å². The van der Waals surface area contributed by atoms with Gasteiger partial charge in [-0.25, -0.2) is 4.52 Å². The lowest BCUT2D eigenvalue weighted by molar-refractivity contribution is 0.102. The van der Waals surface area contributed by atoms with Crippen molar-refractivity contribution < 1.29 is 9.53 Å². The molecule has 3 heterocycles. The number of carbonyl (C=O) groups excluding carboxylic acids is 1. The average molecular weight is 268 g/mol. The lowest BCUT2D eigenvalue weighted by Crippen LogP contribution is -2.11.